The van der Waals surface area contributed by atoms with Crippen LogP contribution in [0.15, 0.2) is 18.2 Å². The summed E-state index contributed by atoms with van der Waals surface area (Å²) in [6.45, 7) is -0.170. The lowest BCUT2D eigenvalue weighted by Gasteiger charge is -2.05. The first kappa shape index (κ1) is 10.6. The van der Waals surface area contributed by atoms with Gasteiger partial charge in [0.15, 0.2) is 0 Å². The molecule has 1 rings (SSSR count). The van der Waals surface area contributed by atoms with E-state index in [9.17, 15) is 13.6 Å². The van der Waals surface area contributed by atoms with Gasteiger partial charge in [0.05, 0.1) is 5.69 Å². The minimum Gasteiger partial charge on any atom is -0.375 e. The third-order valence-electron chi connectivity index (χ3n) is 1.48. The van der Waals surface area contributed by atoms with Gasteiger partial charge < -0.3 is 10.1 Å². The molecule has 1 aromatic carbocycles. The Kier molecular flexibility index (Phi) is 3.53. The lowest BCUT2D eigenvalue weighted by atomic mass is 10.3. The monoisotopic (exact) mass is 201 g/mol. The van der Waals surface area contributed by atoms with Crippen molar-refractivity contribution in [1.29, 1.82) is 0 Å². The molecule has 0 atom stereocenters. The topological polar surface area (TPSA) is 38.3 Å². The summed E-state index contributed by atoms with van der Waals surface area (Å²) in [6.07, 6.45) is 0. The molecule has 0 aromatic heterocycles. The van der Waals surface area contributed by atoms with Crippen LogP contribution < -0.4 is 5.32 Å². The van der Waals surface area contributed by atoms with E-state index in [1.807, 2.05) is 0 Å². The van der Waals surface area contributed by atoms with Crippen LogP contribution in [0.5, 0.6) is 0 Å². The predicted molar refractivity (Wildman–Crippen MR) is 46.9 cm³/mol. The van der Waals surface area contributed by atoms with Gasteiger partial charge in [0, 0.05) is 13.2 Å². The molecule has 3 nitrogen and oxygen atoms in total. The van der Waals surface area contributed by atoms with E-state index in [4.69, 9.17) is 0 Å². The Labute approximate surface area is 79.7 Å². The largest absolute Gasteiger partial charge is 0.375 e. The number of halogens is 2. The van der Waals surface area contributed by atoms with Crippen molar-refractivity contribution in [3.8, 4) is 0 Å². The van der Waals surface area contributed by atoms with Crippen LogP contribution in [-0.4, -0.2) is 19.6 Å². The molecule has 0 spiro atoms. The molecule has 0 saturated carbocycles. The van der Waals surface area contributed by atoms with Crippen molar-refractivity contribution in [3.63, 3.8) is 0 Å². The molecule has 14 heavy (non-hydrogen) atoms. The van der Waals surface area contributed by atoms with Gasteiger partial charge in [-0.15, -0.1) is 0 Å². The van der Waals surface area contributed by atoms with Crippen LogP contribution in [0.1, 0.15) is 0 Å². The number of carbonyl (C=O) groups is 1. The quantitative estimate of drug-likeness (QED) is 0.805. The lowest BCUT2D eigenvalue weighted by molar-refractivity contribution is -0.119. The van der Waals surface area contributed by atoms with E-state index < -0.39 is 17.5 Å². The maximum absolute atomic E-state index is 13.0. The van der Waals surface area contributed by atoms with Gasteiger partial charge in [-0.25, -0.2) is 8.78 Å². The van der Waals surface area contributed by atoms with Crippen molar-refractivity contribution in [2.45, 2.75) is 0 Å². The Morgan fingerprint density at radius 2 is 2.21 bits per heavy atom. The Morgan fingerprint density at radius 3 is 2.79 bits per heavy atom. The van der Waals surface area contributed by atoms with Crippen molar-refractivity contribution >= 4 is 11.6 Å². The molecule has 76 valence electrons. The number of hydrogen-bond donors (Lipinski definition) is 1. The fourth-order valence-corrected chi connectivity index (χ4v) is 0.908. The first-order valence-electron chi connectivity index (χ1n) is 3.87. The van der Waals surface area contributed by atoms with E-state index in [2.05, 4.69) is 10.1 Å². The van der Waals surface area contributed by atoms with Crippen LogP contribution in [0, 0.1) is 11.6 Å². The van der Waals surface area contributed by atoms with Crippen LogP contribution >= 0.6 is 0 Å². The van der Waals surface area contributed by atoms with Crippen LogP contribution in [0.4, 0.5) is 14.5 Å². The summed E-state index contributed by atoms with van der Waals surface area (Å²) >= 11 is 0. The van der Waals surface area contributed by atoms with Crippen molar-refractivity contribution in [2.75, 3.05) is 19.0 Å². The van der Waals surface area contributed by atoms with Crippen LogP contribution in [0.3, 0.4) is 0 Å². The standard InChI is InChI=1S/C9H9F2NO2/c1-14-5-9(13)12-8-3-2-6(10)4-7(8)11/h2-4H,5H2,1H3,(H,12,13). The molecular formula is C9H9F2NO2. The molecule has 0 aliphatic heterocycles. The van der Waals surface area contributed by atoms with Gasteiger partial charge in [-0.05, 0) is 12.1 Å². The summed E-state index contributed by atoms with van der Waals surface area (Å²) in [6, 6.07) is 2.91. The summed E-state index contributed by atoms with van der Waals surface area (Å²) < 4.78 is 29.9. The first-order valence-corrected chi connectivity index (χ1v) is 3.87. The SMILES string of the molecule is COCC(=O)Nc1ccc(F)cc1F. The second-order valence-electron chi connectivity index (χ2n) is 2.61. The highest BCUT2D eigenvalue weighted by molar-refractivity contribution is 5.91. The van der Waals surface area contributed by atoms with Gasteiger partial charge in [-0.1, -0.05) is 0 Å². The second-order valence-corrected chi connectivity index (χ2v) is 2.61. The van der Waals surface area contributed by atoms with Crippen molar-refractivity contribution in [1.82, 2.24) is 0 Å². The van der Waals surface area contributed by atoms with E-state index in [0.29, 0.717) is 6.07 Å². The lowest BCUT2D eigenvalue weighted by Crippen LogP contribution is -2.17. The molecule has 5 heteroatoms. The number of nitrogens with one attached hydrogen (secondary N) is 1. The smallest absolute Gasteiger partial charge is 0.250 e. The van der Waals surface area contributed by atoms with Gasteiger partial charge in [-0.2, -0.15) is 0 Å². The normalized spacial score (nSPS) is 9.93. The molecule has 0 heterocycles. The fourth-order valence-electron chi connectivity index (χ4n) is 0.908. The van der Waals surface area contributed by atoms with Gasteiger partial charge in [-0.3, -0.25) is 4.79 Å². The average Bonchev–Trinajstić information content (AvgIpc) is 2.10. The van der Waals surface area contributed by atoms with Gasteiger partial charge in [0.25, 0.3) is 0 Å². The minimum absolute atomic E-state index is 0.0616. The third-order valence-corrected chi connectivity index (χ3v) is 1.48. The Bertz CT molecular complexity index is 342. The average molecular weight is 201 g/mol. The van der Waals surface area contributed by atoms with E-state index >= 15 is 0 Å². The van der Waals surface area contributed by atoms with Crippen LogP contribution in [-0.2, 0) is 9.53 Å². The number of anilines is 1. The predicted octanol–water partition coefficient (Wildman–Crippen LogP) is 1.55. The first-order chi connectivity index (χ1) is 6.63. The van der Waals surface area contributed by atoms with Crippen LogP contribution in [0.2, 0.25) is 0 Å². The fraction of sp³-hybridized carbons (Fsp3) is 0.222. The van der Waals surface area contributed by atoms with Crippen molar-refractivity contribution in [2.24, 2.45) is 0 Å². The molecule has 0 fully saturated rings. The highest BCUT2D eigenvalue weighted by Gasteiger charge is 2.06. The summed E-state index contributed by atoms with van der Waals surface area (Å²) in [5, 5.41) is 2.23. The summed E-state index contributed by atoms with van der Waals surface area (Å²) in [4.78, 5) is 11.0. The molecule has 1 aromatic rings. The maximum atomic E-state index is 13.0. The number of carbonyl (C=O) groups excluding carboxylic acids is 1. The van der Waals surface area contributed by atoms with E-state index in [-0.39, 0.29) is 12.3 Å². The highest BCUT2D eigenvalue weighted by atomic mass is 19.1. The Balaban J connectivity index is 2.72. The summed E-state index contributed by atoms with van der Waals surface area (Å²) in [5.41, 5.74) is -0.0616. The van der Waals surface area contributed by atoms with Crippen LogP contribution in [0.25, 0.3) is 0 Å². The van der Waals surface area contributed by atoms with Gasteiger partial charge >= 0.3 is 0 Å². The van der Waals surface area contributed by atoms with E-state index in [0.717, 1.165) is 12.1 Å². The highest BCUT2D eigenvalue weighted by Crippen LogP contribution is 2.14. The number of amides is 1. The zero-order valence-corrected chi connectivity index (χ0v) is 7.51. The van der Waals surface area contributed by atoms with E-state index in [1.54, 1.807) is 0 Å². The molecular weight excluding hydrogens is 192 g/mol. The molecule has 0 unspecified atom stereocenters. The number of rotatable bonds is 3. The van der Waals surface area contributed by atoms with E-state index in [1.165, 1.54) is 7.11 Å². The molecule has 0 aliphatic carbocycles. The molecule has 0 bridgehead atoms. The second kappa shape index (κ2) is 4.66. The van der Waals surface area contributed by atoms with Crippen molar-refractivity contribution in [3.05, 3.63) is 29.8 Å². The number of benzene rings is 1. The van der Waals surface area contributed by atoms with Crippen molar-refractivity contribution < 1.29 is 18.3 Å². The third kappa shape index (κ3) is 2.77. The molecule has 0 radical (unpaired) electrons. The zero-order chi connectivity index (χ0) is 10.6. The maximum Gasteiger partial charge on any atom is 0.250 e. The summed E-state index contributed by atoms with van der Waals surface area (Å²) in [7, 11) is 1.35. The molecule has 0 aliphatic rings. The molecule has 1 amide bonds. The minimum atomic E-state index is -0.811. The van der Waals surface area contributed by atoms with Gasteiger partial charge in [0.2, 0.25) is 5.91 Å². The Hall–Kier alpha value is -1.49. The molecule has 0 saturated heterocycles. The summed E-state index contributed by atoms with van der Waals surface area (Å²) in [5.74, 6) is -1.99. The zero-order valence-electron chi connectivity index (χ0n) is 7.51. The Morgan fingerprint density at radius 1 is 1.50 bits per heavy atom. The number of hydrogen-bond acceptors (Lipinski definition) is 2. The van der Waals surface area contributed by atoms with Gasteiger partial charge in [0.1, 0.15) is 18.2 Å². The number of methoxy groups -OCH3 is 1. The number of ether oxygens (including phenoxy) is 1. The molecule has 1 N–H and O–H groups in total.